The van der Waals surface area contributed by atoms with Crippen LogP contribution in [-0.2, 0) is 4.74 Å². The van der Waals surface area contributed by atoms with Crippen molar-refractivity contribution in [3.63, 3.8) is 0 Å². The molecule has 0 fully saturated rings. The number of ether oxygens (including phenoxy) is 2. The van der Waals surface area contributed by atoms with Crippen LogP contribution in [0.1, 0.15) is 25.6 Å². The van der Waals surface area contributed by atoms with Gasteiger partial charge in [0, 0.05) is 19.5 Å². The SMILES string of the molecule is CCNC(c1nccnc1OC)C(C)OC. The summed E-state index contributed by atoms with van der Waals surface area (Å²) < 4.78 is 10.5. The molecule has 0 aromatic carbocycles. The second-order valence-corrected chi connectivity index (χ2v) is 3.43. The van der Waals surface area contributed by atoms with Crippen LogP contribution in [0.2, 0.25) is 0 Å². The van der Waals surface area contributed by atoms with E-state index in [1.165, 1.54) is 0 Å². The van der Waals surface area contributed by atoms with Crippen molar-refractivity contribution in [3.8, 4) is 5.88 Å². The van der Waals surface area contributed by atoms with Crippen LogP contribution >= 0.6 is 0 Å². The first-order valence-corrected chi connectivity index (χ1v) is 5.35. The number of nitrogens with zero attached hydrogens (tertiary/aromatic N) is 2. The number of aromatic nitrogens is 2. The lowest BCUT2D eigenvalue weighted by Gasteiger charge is -2.23. The molecule has 1 rings (SSSR count). The lowest BCUT2D eigenvalue weighted by Crippen LogP contribution is -2.32. The highest BCUT2D eigenvalue weighted by Gasteiger charge is 2.23. The molecule has 16 heavy (non-hydrogen) atoms. The van der Waals surface area contributed by atoms with Gasteiger partial charge in [0.05, 0.1) is 19.3 Å². The highest BCUT2D eigenvalue weighted by atomic mass is 16.5. The summed E-state index contributed by atoms with van der Waals surface area (Å²) in [5.41, 5.74) is 0.779. The number of likely N-dealkylation sites (N-methyl/N-ethyl adjacent to an activating group) is 1. The summed E-state index contributed by atoms with van der Waals surface area (Å²) in [7, 11) is 3.27. The maximum absolute atomic E-state index is 5.33. The van der Waals surface area contributed by atoms with Crippen molar-refractivity contribution in [1.29, 1.82) is 0 Å². The topological polar surface area (TPSA) is 56.3 Å². The zero-order valence-electron chi connectivity index (χ0n) is 10.2. The summed E-state index contributed by atoms with van der Waals surface area (Å²) in [5.74, 6) is 0.539. The molecule has 0 aliphatic rings. The van der Waals surface area contributed by atoms with Gasteiger partial charge in [-0.1, -0.05) is 6.92 Å². The molecule has 0 saturated heterocycles. The number of rotatable bonds is 6. The molecule has 0 spiro atoms. The Balaban J connectivity index is 2.99. The van der Waals surface area contributed by atoms with E-state index in [9.17, 15) is 0 Å². The van der Waals surface area contributed by atoms with Crippen LogP contribution in [0.15, 0.2) is 12.4 Å². The maximum Gasteiger partial charge on any atom is 0.237 e. The Labute approximate surface area is 96.2 Å². The molecule has 0 radical (unpaired) electrons. The van der Waals surface area contributed by atoms with E-state index in [0.29, 0.717) is 5.88 Å². The zero-order chi connectivity index (χ0) is 12.0. The molecule has 0 aliphatic heterocycles. The smallest absolute Gasteiger partial charge is 0.237 e. The van der Waals surface area contributed by atoms with Gasteiger partial charge in [0.15, 0.2) is 0 Å². The summed E-state index contributed by atoms with van der Waals surface area (Å²) in [4.78, 5) is 8.44. The molecule has 0 aliphatic carbocycles. The summed E-state index contributed by atoms with van der Waals surface area (Å²) in [6.07, 6.45) is 3.28. The second-order valence-electron chi connectivity index (χ2n) is 3.43. The van der Waals surface area contributed by atoms with Crippen LogP contribution in [0.25, 0.3) is 0 Å². The minimum Gasteiger partial charge on any atom is -0.480 e. The first-order chi connectivity index (χ1) is 7.74. The Kier molecular flexibility index (Phi) is 5.14. The molecule has 2 unspecified atom stereocenters. The predicted octanol–water partition coefficient (Wildman–Crippen LogP) is 1.17. The molecule has 0 bridgehead atoms. The highest BCUT2D eigenvalue weighted by molar-refractivity contribution is 5.22. The maximum atomic E-state index is 5.33. The molecule has 2 atom stereocenters. The van der Waals surface area contributed by atoms with E-state index in [0.717, 1.165) is 12.2 Å². The Bertz CT molecular complexity index is 320. The molecule has 0 saturated carbocycles. The van der Waals surface area contributed by atoms with E-state index in [2.05, 4.69) is 15.3 Å². The predicted molar refractivity (Wildman–Crippen MR) is 61.5 cm³/mol. The van der Waals surface area contributed by atoms with Crippen molar-refractivity contribution in [2.24, 2.45) is 0 Å². The minimum atomic E-state index is -0.0151. The van der Waals surface area contributed by atoms with Crippen molar-refractivity contribution < 1.29 is 9.47 Å². The lowest BCUT2D eigenvalue weighted by molar-refractivity contribution is 0.0809. The second kappa shape index (κ2) is 6.40. The van der Waals surface area contributed by atoms with Gasteiger partial charge in [-0.25, -0.2) is 4.98 Å². The fourth-order valence-electron chi connectivity index (χ4n) is 1.55. The number of hydrogen-bond acceptors (Lipinski definition) is 5. The lowest BCUT2D eigenvalue weighted by atomic mass is 10.1. The molecule has 90 valence electrons. The third-order valence-electron chi connectivity index (χ3n) is 2.44. The third-order valence-corrected chi connectivity index (χ3v) is 2.44. The Morgan fingerprint density at radius 2 is 2.00 bits per heavy atom. The van der Waals surface area contributed by atoms with E-state index in [4.69, 9.17) is 9.47 Å². The first kappa shape index (κ1) is 12.9. The van der Waals surface area contributed by atoms with Gasteiger partial charge in [-0.15, -0.1) is 0 Å². The quantitative estimate of drug-likeness (QED) is 0.787. The van der Waals surface area contributed by atoms with E-state index in [1.807, 2.05) is 13.8 Å². The molecule has 1 aromatic rings. The summed E-state index contributed by atoms with van der Waals surface area (Å²) in [6, 6.07) is -0.0151. The number of nitrogens with one attached hydrogen (secondary N) is 1. The van der Waals surface area contributed by atoms with Gasteiger partial charge >= 0.3 is 0 Å². The standard InChI is InChI=1S/C11H19N3O2/c1-5-12-9(8(2)15-3)10-11(16-4)14-7-6-13-10/h6-9,12H,5H2,1-4H3. The molecule has 1 aromatic heterocycles. The molecule has 1 N–H and O–H groups in total. The van der Waals surface area contributed by atoms with Crippen molar-refractivity contribution in [3.05, 3.63) is 18.1 Å². The molecule has 5 nitrogen and oxygen atoms in total. The summed E-state index contributed by atoms with van der Waals surface area (Å²) in [6.45, 7) is 4.86. The molecular weight excluding hydrogens is 206 g/mol. The van der Waals surface area contributed by atoms with Gasteiger partial charge in [0.2, 0.25) is 5.88 Å². The first-order valence-electron chi connectivity index (χ1n) is 5.35. The Hall–Kier alpha value is -1.20. The normalized spacial score (nSPS) is 14.5. The average molecular weight is 225 g/mol. The van der Waals surface area contributed by atoms with Crippen molar-refractivity contribution >= 4 is 0 Å². The van der Waals surface area contributed by atoms with E-state index < -0.39 is 0 Å². The van der Waals surface area contributed by atoms with Crippen molar-refractivity contribution in [2.45, 2.75) is 26.0 Å². The molecule has 5 heteroatoms. The van der Waals surface area contributed by atoms with Crippen molar-refractivity contribution in [1.82, 2.24) is 15.3 Å². The van der Waals surface area contributed by atoms with Crippen molar-refractivity contribution in [2.75, 3.05) is 20.8 Å². The Morgan fingerprint density at radius 3 is 2.56 bits per heavy atom. The fourth-order valence-corrected chi connectivity index (χ4v) is 1.55. The third kappa shape index (κ3) is 2.90. The van der Waals surface area contributed by atoms with Crippen LogP contribution in [0.4, 0.5) is 0 Å². The van der Waals surface area contributed by atoms with Gasteiger partial charge in [-0.05, 0) is 13.5 Å². The molecule has 1 heterocycles. The average Bonchev–Trinajstić information content (AvgIpc) is 2.35. The van der Waals surface area contributed by atoms with Gasteiger partial charge in [-0.3, -0.25) is 4.98 Å². The largest absolute Gasteiger partial charge is 0.480 e. The van der Waals surface area contributed by atoms with E-state index >= 15 is 0 Å². The van der Waals surface area contributed by atoms with Crippen LogP contribution in [0, 0.1) is 0 Å². The summed E-state index contributed by atoms with van der Waals surface area (Å²) in [5, 5.41) is 3.32. The van der Waals surface area contributed by atoms with E-state index in [1.54, 1.807) is 26.6 Å². The van der Waals surface area contributed by atoms with Gasteiger partial charge in [0.25, 0.3) is 0 Å². The Morgan fingerprint density at radius 1 is 1.31 bits per heavy atom. The molecular formula is C11H19N3O2. The van der Waals surface area contributed by atoms with Crippen LogP contribution in [-0.4, -0.2) is 36.8 Å². The fraction of sp³-hybridized carbons (Fsp3) is 0.636. The zero-order valence-corrected chi connectivity index (χ0v) is 10.2. The van der Waals surface area contributed by atoms with Gasteiger partial charge in [0.1, 0.15) is 5.69 Å². The summed E-state index contributed by atoms with van der Waals surface area (Å²) >= 11 is 0. The monoisotopic (exact) mass is 225 g/mol. The number of hydrogen-bond donors (Lipinski definition) is 1. The van der Waals surface area contributed by atoms with Gasteiger partial charge in [-0.2, -0.15) is 0 Å². The number of methoxy groups -OCH3 is 2. The minimum absolute atomic E-state index is 0.00514. The van der Waals surface area contributed by atoms with Crippen LogP contribution in [0.3, 0.4) is 0 Å². The molecule has 0 amide bonds. The van der Waals surface area contributed by atoms with Gasteiger partial charge < -0.3 is 14.8 Å². The highest BCUT2D eigenvalue weighted by Crippen LogP contribution is 2.23. The van der Waals surface area contributed by atoms with Crippen LogP contribution in [0.5, 0.6) is 5.88 Å². The van der Waals surface area contributed by atoms with E-state index in [-0.39, 0.29) is 12.1 Å². The van der Waals surface area contributed by atoms with Crippen LogP contribution < -0.4 is 10.1 Å².